The fourth-order valence-electron chi connectivity index (χ4n) is 2.31. The molecule has 0 bridgehead atoms. The molecule has 6 heteroatoms. The van der Waals surface area contributed by atoms with Gasteiger partial charge in [-0.15, -0.1) is 0 Å². The van der Waals surface area contributed by atoms with Gasteiger partial charge in [-0.25, -0.2) is 8.42 Å². The predicted octanol–water partition coefficient (Wildman–Crippen LogP) is 4.08. The fourth-order valence-corrected chi connectivity index (χ4v) is 3.98. The molecule has 22 heavy (non-hydrogen) atoms. The average molecular weight is 379 g/mol. The fraction of sp³-hybridized carbons (Fsp3) is 0.125. The van der Waals surface area contributed by atoms with Crippen LogP contribution in [0.1, 0.15) is 5.69 Å². The Kier molecular flexibility index (Phi) is 3.97. The Hall–Kier alpha value is -1.79. The molecule has 0 radical (unpaired) electrons. The van der Waals surface area contributed by atoms with E-state index in [0.717, 1.165) is 26.8 Å². The number of halogens is 1. The third-order valence-corrected chi connectivity index (χ3v) is 5.37. The van der Waals surface area contributed by atoms with Crippen LogP contribution in [-0.2, 0) is 9.84 Å². The lowest BCUT2D eigenvalue weighted by Gasteiger charge is -2.08. The summed E-state index contributed by atoms with van der Waals surface area (Å²) >= 11 is 3.29. The standard InChI is InChI=1S/C16H15BrN2O2S/c1-11-7-12-8-14(5-6-16(12)19-11)18-10-22(20,21)15-4-2-3-13(17)9-15/h2-9,18-19H,10H2,1H3. The van der Waals surface area contributed by atoms with Crippen molar-refractivity contribution in [2.45, 2.75) is 11.8 Å². The Morgan fingerprint density at radius 1 is 1.14 bits per heavy atom. The molecule has 0 saturated heterocycles. The summed E-state index contributed by atoms with van der Waals surface area (Å²) in [5.41, 5.74) is 2.90. The molecule has 0 fully saturated rings. The Morgan fingerprint density at radius 2 is 1.95 bits per heavy atom. The van der Waals surface area contributed by atoms with Crippen molar-refractivity contribution >= 4 is 42.4 Å². The summed E-state index contributed by atoms with van der Waals surface area (Å²) < 4.78 is 25.4. The molecule has 2 aromatic carbocycles. The SMILES string of the molecule is Cc1cc2cc(NCS(=O)(=O)c3cccc(Br)c3)ccc2[nH]1. The average Bonchev–Trinajstić information content (AvgIpc) is 2.84. The predicted molar refractivity (Wildman–Crippen MR) is 92.9 cm³/mol. The first-order valence-electron chi connectivity index (χ1n) is 6.76. The number of hydrogen-bond acceptors (Lipinski definition) is 3. The molecule has 0 aliphatic rings. The Morgan fingerprint density at radius 3 is 2.73 bits per heavy atom. The van der Waals surface area contributed by atoms with Crippen molar-refractivity contribution < 1.29 is 8.42 Å². The molecular weight excluding hydrogens is 364 g/mol. The maximum Gasteiger partial charge on any atom is 0.196 e. The van der Waals surface area contributed by atoms with Crippen LogP contribution < -0.4 is 5.32 Å². The number of benzene rings is 2. The van der Waals surface area contributed by atoms with E-state index in [-0.39, 0.29) is 5.88 Å². The van der Waals surface area contributed by atoms with Crippen molar-refractivity contribution in [3.05, 3.63) is 58.7 Å². The number of fused-ring (bicyclic) bond motifs is 1. The van der Waals surface area contributed by atoms with E-state index in [0.29, 0.717) is 4.90 Å². The highest BCUT2D eigenvalue weighted by Gasteiger charge is 2.14. The molecule has 0 amide bonds. The van der Waals surface area contributed by atoms with Gasteiger partial charge in [0.2, 0.25) is 0 Å². The van der Waals surface area contributed by atoms with Gasteiger partial charge in [0, 0.05) is 26.8 Å². The normalized spacial score (nSPS) is 11.7. The summed E-state index contributed by atoms with van der Waals surface area (Å²) in [4.78, 5) is 3.54. The largest absolute Gasteiger partial charge is 0.371 e. The lowest BCUT2D eigenvalue weighted by atomic mass is 10.2. The second-order valence-corrected chi connectivity index (χ2v) is 8.05. The van der Waals surface area contributed by atoms with Gasteiger partial charge in [-0.1, -0.05) is 22.0 Å². The highest BCUT2D eigenvalue weighted by atomic mass is 79.9. The van der Waals surface area contributed by atoms with Crippen molar-refractivity contribution in [3.63, 3.8) is 0 Å². The van der Waals surface area contributed by atoms with Gasteiger partial charge < -0.3 is 10.3 Å². The summed E-state index contributed by atoms with van der Waals surface area (Å²) in [5.74, 6) is -0.141. The molecule has 0 aliphatic heterocycles. The van der Waals surface area contributed by atoms with Crippen LogP contribution in [0.5, 0.6) is 0 Å². The summed E-state index contributed by atoms with van der Waals surface area (Å²) in [6, 6.07) is 14.5. The maximum absolute atomic E-state index is 12.3. The number of sulfone groups is 1. The Labute approximate surface area is 137 Å². The van der Waals surface area contributed by atoms with Crippen LogP contribution in [0.3, 0.4) is 0 Å². The lowest BCUT2D eigenvalue weighted by molar-refractivity contribution is 0.597. The maximum atomic E-state index is 12.3. The molecule has 0 saturated carbocycles. The first-order valence-corrected chi connectivity index (χ1v) is 9.20. The van der Waals surface area contributed by atoms with Gasteiger partial charge >= 0.3 is 0 Å². The van der Waals surface area contributed by atoms with Crippen LogP contribution in [0.25, 0.3) is 10.9 Å². The molecule has 0 spiro atoms. The lowest BCUT2D eigenvalue weighted by Crippen LogP contribution is -2.14. The number of H-pyrrole nitrogens is 1. The summed E-state index contributed by atoms with van der Waals surface area (Å²) in [6.45, 7) is 1.99. The van der Waals surface area contributed by atoms with Crippen LogP contribution in [0.2, 0.25) is 0 Å². The van der Waals surface area contributed by atoms with Crippen LogP contribution in [0.4, 0.5) is 5.69 Å². The molecule has 1 heterocycles. The molecule has 0 aliphatic carbocycles. The number of hydrogen-bond donors (Lipinski definition) is 2. The van der Waals surface area contributed by atoms with Gasteiger partial charge in [0.15, 0.2) is 9.84 Å². The van der Waals surface area contributed by atoms with Crippen LogP contribution in [0, 0.1) is 6.92 Å². The van der Waals surface area contributed by atoms with E-state index < -0.39 is 9.84 Å². The van der Waals surface area contributed by atoms with Gasteiger partial charge in [0.25, 0.3) is 0 Å². The van der Waals surface area contributed by atoms with E-state index in [4.69, 9.17) is 0 Å². The smallest absolute Gasteiger partial charge is 0.196 e. The second kappa shape index (κ2) is 5.78. The third-order valence-electron chi connectivity index (χ3n) is 3.38. The zero-order valence-corrected chi connectivity index (χ0v) is 14.3. The Bertz CT molecular complexity index is 932. The van der Waals surface area contributed by atoms with E-state index in [1.165, 1.54) is 0 Å². The topological polar surface area (TPSA) is 62.0 Å². The number of aromatic nitrogens is 1. The quantitative estimate of drug-likeness (QED) is 0.718. The molecular formula is C16H15BrN2O2S. The molecule has 0 unspecified atom stereocenters. The van der Waals surface area contributed by atoms with Crippen LogP contribution in [0.15, 0.2) is 57.9 Å². The van der Waals surface area contributed by atoms with Crippen LogP contribution in [-0.4, -0.2) is 19.3 Å². The summed E-state index contributed by atoms with van der Waals surface area (Å²) in [6.07, 6.45) is 0. The Balaban J connectivity index is 1.80. The number of anilines is 1. The number of rotatable bonds is 4. The highest BCUT2D eigenvalue weighted by Crippen LogP contribution is 2.21. The number of aromatic amines is 1. The first-order chi connectivity index (χ1) is 10.4. The molecule has 0 atom stereocenters. The van der Waals surface area contributed by atoms with Gasteiger partial charge in [0.1, 0.15) is 5.88 Å². The number of nitrogens with one attached hydrogen (secondary N) is 2. The van der Waals surface area contributed by atoms with Crippen LogP contribution >= 0.6 is 15.9 Å². The van der Waals surface area contributed by atoms with Crippen molar-refractivity contribution in [1.29, 1.82) is 0 Å². The van der Waals surface area contributed by atoms with Gasteiger partial charge in [0.05, 0.1) is 4.90 Å². The van der Waals surface area contributed by atoms with Crippen molar-refractivity contribution in [2.75, 3.05) is 11.2 Å². The summed E-state index contributed by atoms with van der Waals surface area (Å²) in [5, 5.41) is 4.04. The van der Waals surface area contributed by atoms with Crippen molar-refractivity contribution in [1.82, 2.24) is 4.98 Å². The third kappa shape index (κ3) is 3.18. The molecule has 4 nitrogen and oxygen atoms in total. The van der Waals surface area contributed by atoms with Crippen molar-refractivity contribution in [2.24, 2.45) is 0 Å². The van der Waals surface area contributed by atoms with E-state index >= 15 is 0 Å². The second-order valence-electron chi connectivity index (χ2n) is 5.15. The molecule has 114 valence electrons. The van der Waals surface area contributed by atoms with Gasteiger partial charge in [-0.3, -0.25) is 0 Å². The van der Waals surface area contributed by atoms with Gasteiger partial charge in [-0.2, -0.15) is 0 Å². The molecule has 2 N–H and O–H groups in total. The van der Waals surface area contributed by atoms with E-state index in [2.05, 4.69) is 26.2 Å². The molecule has 3 rings (SSSR count). The minimum Gasteiger partial charge on any atom is -0.371 e. The van der Waals surface area contributed by atoms with Gasteiger partial charge in [-0.05, 0) is 49.4 Å². The first kappa shape index (κ1) is 15.1. The monoisotopic (exact) mass is 378 g/mol. The molecule has 1 aromatic heterocycles. The van der Waals surface area contributed by atoms with Crippen molar-refractivity contribution in [3.8, 4) is 0 Å². The molecule has 3 aromatic rings. The summed E-state index contributed by atoms with van der Waals surface area (Å²) in [7, 11) is -3.38. The van der Waals surface area contributed by atoms with E-state index in [1.807, 2.05) is 31.2 Å². The van der Waals surface area contributed by atoms with E-state index in [9.17, 15) is 8.42 Å². The minimum atomic E-state index is -3.38. The number of aryl methyl sites for hydroxylation is 1. The van der Waals surface area contributed by atoms with E-state index in [1.54, 1.807) is 24.3 Å². The zero-order valence-electron chi connectivity index (χ0n) is 11.9. The minimum absolute atomic E-state index is 0.141. The zero-order chi connectivity index (χ0) is 15.7. The highest BCUT2D eigenvalue weighted by molar-refractivity contribution is 9.10.